The van der Waals surface area contributed by atoms with E-state index in [4.69, 9.17) is 4.98 Å². The van der Waals surface area contributed by atoms with Crippen molar-refractivity contribution in [3.63, 3.8) is 0 Å². The van der Waals surface area contributed by atoms with Gasteiger partial charge in [-0.1, -0.05) is 107 Å². The van der Waals surface area contributed by atoms with E-state index in [1.165, 1.54) is 16.7 Å². The number of nitrogens with zero attached hydrogens (tertiary/aromatic N) is 2. The third kappa shape index (κ3) is 2.91. The summed E-state index contributed by atoms with van der Waals surface area (Å²) in [6, 6.07) is 32.0. The first kappa shape index (κ1) is 18.0. The Balaban J connectivity index is 1.90. The van der Waals surface area contributed by atoms with Gasteiger partial charge in [-0.15, -0.1) is 0 Å². The second kappa shape index (κ2) is 7.37. The number of imidazole rings is 1. The van der Waals surface area contributed by atoms with Gasteiger partial charge in [0.15, 0.2) is 5.82 Å². The summed E-state index contributed by atoms with van der Waals surface area (Å²) in [5, 5.41) is 0. The highest BCUT2D eigenvalue weighted by atomic mass is 79.9. The van der Waals surface area contributed by atoms with Crippen LogP contribution in [0.3, 0.4) is 0 Å². The van der Waals surface area contributed by atoms with Gasteiger partial charge in [0.2, 0.25) is 0 Å². The molecule has 1 aromatic heterocycles. The van der Waals surface area contributed by atoms with E-state index in [2.05, 4.69) is 123 Å². The molecule has 2 heterocycles. The van der Waals surface area contributed by atoms with Crippen molar-refractivity contribution in [1.82, 2.24) is 9.97 Å². The zero-order chi connectivity index (χ0) is 19.7. The number of benzene rings is 3. The standard InChI is InChI=1S/C25H20BrN3/c26-22-16-23-24(28-18-27-23)29(17-22)25(19-10-4-1-5-11-19,20-12-6-2-7-13-20)21-14-8-3-9-15-21/h1-15,17-18H,16H2,(H,27,28). The molecule has 0 saturated heterocycles. The molecule has 4 aromatic rings. The predicted molar refractivity (Wildman–Crippen MR) is 121 cm³/mol. The molecule has 0 spiro atoms. The van der Waals surface area contributed by atoms with Crippen LogP contribution < -0.4 is 4.90 Å². The van der Waals surface area contributed by atoms with Crippen molar-refractivity contribution in [3.05, 3.63) is 130 Å². The van der Waals surface area contributed by atoms with Crippen LogP contribution in [-0.4, -0.2) is 9.97 Å². The van der Waals surface area contributed by atoms with Crippen LogP contribution in [0.5, 0.6) is 0 Å². The summed E-state index contributed by atoms with van der Waals surface area (Å²) in [6.07, 6.45) is 4.76. The SMILES string of the molecule is BrC1=CN(C(c2ccccc2)(c2ccccc2)c2ccccc2)c2nc[nH]c2C1. The number of H-pyrrole nitrogens is 1. The van der Waals surface area contributed by atoms with Gasteiger partial charge in [-0.25, -0.2) is 4.98 Å². The maximum Gasteiger partial charge on any atom is 0.155 e. The van der Waals surface area contributed by atoms with Crippen LogP contribution in [0.1, 0.15) is 22.4 Å². The van der Waals surface area contributed by atoms with Gasteiger partial charge >= 0.3 is 0 Å². The first-order valence-corrected chi connectivity index (χ1v) is 10.4. The molecule has 29 heavy (non-hydrogen) atoms. The minimum Gasteiger partial charge on any atom is -0.346 e. The zero-order valence-corrected chi connectivity index (χ0v) is 17.4. The van der Waals surface area contributed by atoms with Gasteiger partial charge in [-0.2, -0.15) is 0 Å². The summed E-state index contributed by atoms with van der Waals surface area (Å²) in [7, 11) is 0. The van der Waals surface area contributed by atoms with E-state index < -0.39 is 5.54 Å². The van der Waals surface area contributed by atoms with E-state index in [1.54, 1.807) is 6.33 Å². The summed E-state index contributed by atoms with van der Waals surface area (Å²) < 4.78 is 1.11. The molecule has 0 fully saturated rings. The van der Waals surface area contributed by atoms with Crippen molar-refractivity contribution in [2.45, 2.75) is 12.0 Å². The number of nitrogens with one attached hydrogen (secondary N) is 1. The first-order chi connectivity index (χ1) is 14.3. The summed E-state index contributed by atoms with van der Waals surface area (Å²) >= 11 is 3.77. The van der Waals surface area contributed by atoms with Crippen molar-refractivity contribution >= 4 is 21.7 Å². The summed E-state index contributed by atoms with van der Waals surface area (Å²) in [6.45, 7) is 0. The molecule has 0 amide bonds. The van der Waals surface area contributed by atoms with Crippen molar-refractivity contribution in [2.75, 3.05) is 4.90 Å². The Labute approximate surface area is 178 Å². The molecule has 0 bridgehead atoms. The number of halogens is 1. The average molecular weight is 442 g/mol. The number of aromatic amines is 1. The highest BCUT2D eigenvalue weighted by Crippen LogP contribution is 2.47. The minimum absolute atomic E-state index is 0.562. The number of aromatic nitrogens is 2. The van der Waals surface area contributed by atoms with Gasteiger partial charge in [0.1, 0.15) is 5.54 Å². The van der Waals surface area contributed by atoms with Gasteiger partial charge in [0, 0.05) is 17.1 Å². The van der Waals surface area contributed by atoms with Crippen LogP contribution in [0, 0.1) is 0 Å². The molecule has 0 aliphatic carbocycles. The first-order valence-electron chi connectivity index (χ1n) is 9.64. The van der Waals surface area contributed by atoms with Gasteiger partial charge in [-0.05, 0) is 16.7 Å². The second-order valence-electron chi connectivity index (χ2n) is 7.14. The summed E-state index contributed by atoms with van der Waals surface area (Å²) in [5.41, 5.74) is 4.10. The Kier molecular flexibility index (Phi) is 4.57. The fourth-order valence-corrected chi connectivity index (χ4v) is 4.76. The number of rotatable bonds is 4. The molecule has 3 aromatic carbocycles. The van der Waals surface area contributed by atoms with Gasteiger partial charge in [0.05, 0.1) is 12.0 Å². The van der Waals surface area contributed by atoms with Gasteiger partial charge < -0.3 is 9.88 Å². The van der Waals surface area contributed by atoms with E-state index in [-0.39, 0.29) is 0 Å². The monoisotopic (exact) mass is 441 g/mol. The molecule has 4 heteroatoms. The average Bonchev–Trinajstić information content (AvgIpc) is 3.25. The Morgan fingerprint density at radius 3 is 1.72 bits per heavy atom. The van der Waals surface area contributed by atoms with E-state index in [0.717, 1.165) is 22.4 Å². The molecule has 3 nitrogen and oxygen atoms in total. The Morgan fingerprint density at radius 1 is 0.759 bits per heavy atom. The number of fused-ring (bicyclic) bond motifs is 1. The highest BCUT2D eigenvalue weighted by molar-refractivity contribution is 9.11. The zero-order valence-electron chi connectivity index (χ0n) is 15.8. The smallest absolute Gasteiger partial charge is 0.155 e. The maximum atomic E-state index is 4.72. The van der Waals surface area contributed by atoms with Gasteiger partial charge in [-0.3, -0.25) is 0 Å². The molecular weight excluding hydrogens is 422 g/mol. The number of hydrogen-bond acceptors (Lipinski definition) is 2. The quantitative estimate of drug-likeness (QED) is 0.393. The van der Waals surface area contributed by atoms with Crippen LogP contribution in [-0.2, 0) is 12.0 Å². The normalized spacial score (nSPS) is 13.7. The van der Waals surface area contributed by atoms with Crippen molar-refractivity contribution < 1.29 is 0 Å². The number of allylic oxidation sites excluding steroid dienone is 1. The van der Waals surface area contributed by atoms with E-state index >= 15 is 0 Å². The lowest BCUT2D eigenvalue weighted by molar-refractivity contribution is 0.609. The van der Waals surface area contributed by atoms with Crippen LogP contribution in [0.4, 0.5) is 5.82 Å². The number of anilines is 1. The molecule has 0 radical (unpaired) electrons. The Bertz CT molecular complexity index is 1040. The fraction of sp³-hybridized carbons (Fsp3) is 0.0800. The molecule has 0 unspecified atom stereocenters. The van der Waals surface area contributed by atoms with Gasteiger partial charge in [0.25, 0.3) is 0 Å². The minimum atomic E-state index is -0.562. The molecule has 1 aliphatic heterocycles. The Hall–Kier alpha value is -3.11. The van der Waals surface area contributed by atoms with Crippen LogP contribution >= 0.6 is 15.9 Å². The van der Waals surface area contributed by atoms with Crippen LogP contribution in [0.25, 0.3) is 0 Å². The summed E-state index contributed by atoms with van der Waals surface area (Å²) in [4.78, 5) is 10.3. The van der Waals surface area contributed by atoms with E-state index in [9.17, 15) is 0 Å². The topological polar surface area (TPSA) is 31.9 Å². The van der Waals surface area contributed by atoms with E-state index in [0.29, 0.717) is 0 Å². The predicted octanol–water partition coefficient (Wildman–Crippen LogP) is 6.00. The van der Waals surface area contributed by atoms with Crippen LogP contribution in [0.2, 0.25) is 0 Å². The number of hydrogen-bond donors (Lipinski definition) is 1. The molecule has 5 rings (SSSR count). The summed E-state index contributed by atoms with van der Waals surface area (Å²) in [5.74, 6) is 0.949. The lowest BCUT2D eigenvalue weighted by atomic mass is 9.75. The molecule has 1 N–H and O–H groups in total. The third-order valence-corrected chi connectivity index (χ3v) is 5.96. The molecule has 1 aliphatic rings. The lowest BCUT2D eigenvalue weighted by Gasteiger charge is -2.45. The molecule has 0 saturated carbocycles. The third-order valence-electron chi connectivity index (χ3n) is 5.47. The van der Waals surface area contributed by atoms with Crippen molar-refractivity contribution in [3.8, 4) is 0 Å². The highest BCUT2D eigenvalue weighted by Gasteiger charge is 2.44. The molecule has 142 valence electrons. The largest absolute Gasteiger partial charge is 0.346 e. The second-order valence-corrected chi connectivity index (χ2v) is 8.15. The maximum absolute atomic E-state index is 4.72. The fourth-order valence-electron chi connectivity index (χ4n) is 4.28. The van der Waals surface area contributed by atoms with Crippen molar-refractivity contribution in [2.24, 2.45) is 0 Å². The van der Waals surface area contributed by atoms with E-state index in [1.807, 2.05) is 0 Å². The molecular formula is C25H20BrN3. The Morgan fingerprint density at radius 2 is 1.24 bits per heavy atom. The molecule has 0 atom stereocenters. The van der Waals surface area contributed by atoms with Crippen molar-refractivity contribution in [1.29, 1.82) is 0 Å². The lowest BCUT2D eigenvalue weighted by Crippen LogP contribution is -2.47. The van der Waals surface area contributed by atoms with Crippen LogP contribution in [0.15, 0.2) is 108 Å².